The van der Waals surface area contributed by atoms with Gasteiger partial charge in [0.2, 0.25) is 26.0 Å². The number of aryl methyl sites for hydroxylation is 2. The number of sulfonamides is 2. The number of rotatable bonds is 17. The summed E-state index contributed by atoms with van der Waals surface area (Å²) in [7, 11) is -8.07. The molecule has 0 heterocycles. The van der Waals surface area contributed by atoms with Crippen LogP contribution in [0.25, 0.3) is 0 Å². The highest BCUT2D eigenvalue weighted by molar-refractivity contribution is 7.89. The van der Waals surface area contributed by atoms with Gasteiger partial charge in [-0.25, -0.2) is 16.8 Å². The second kappa shape index (κ2) is 16.1. The minimum atomic E-state index is -4.08. The molecule has 10 nitrogen and oxygen atoms in total. The van der Waals surface area contributed by atoms with Crippen LogP contribution in [0.4, 0.5) is 0 Å². The largest absolute Gasteiger partial charge is 0.480 e. The lowest BCUT2D eigenvalue weighted by Gasteiger charge is -2.29. The molecule has 0 aromatic heterocycles. The zero-order valence-electron chi connectivity index (χ0n) is 26.1. The maximum absolute atomic E-state index is 13.5. The van der Waals surface area contributed by atoms with Gasteiger partial charge in [-0.05, 0) is 75.3 Å². The Hall–Kier alpha value is -3.58. The lowest BCUT2D eigenvalue weighted by Crippen LogP contribution is -2.48. The standard InChI is InChI=1S/C33H43N3O7S2/c1-24(2)23-36(45(42,43)29-19-15-26(4)16-20-29)31(33(38)39)12-8-9-21-34-32(37)30(22-27-10-6-5-7-11-27)35-44(40,41)28-17-13-25(3)14-18-28/h5-7,10-11,13-20,24,30-31,35H,8-9,12,21-23H2,1-4H3,(H,34,37)(H,38,39)/t30-,31+/m1/s1. The molecule has 0 radical (unpaired) electrons. The van der Waals surface area contributed by atoms with E-state index in [1.165, 1.54) is 24.3 Å². The normalized spacial score (nSPS) is 13.5. The molecule has 0 unspecified atom stereocenters. The lowest BCUT2D eigenvalue weighted by molar-refractivity contribution is -0.142. The lowest BCUT2D eigenvalue weighted by atomic mass is 10.1. The van der Waals surface area contributed by atoms with Crippen molar-refractivity contribution in [3.05, 3.63) is 95.6 Å². The molecule has 1 amide bonds. The number of hydrogen-bond acceptors (Lipinski definition) is 6. The first kappa shape index (κ1) is 35.9. The van der Waals surface area contributed by atoms with Crippen molar-refractivity contribution in [1.29, 1.82) is 0 Å². The second-order valence-corrected chi connectivity index (χ2v) is 15.2. The molecule has 3 aromatic carbocycles. The van der Waals surface area contributed by atoms with Gasteiger partial charge in [-0.2, -0.15) is 9.03 Å². The van der Waals surface area contributed by atoms with Crippen molar-refractivity contribution in [2.45, 2.75) is 75.3 Å². The van der Waals surface area contributed by atoms with Gasteiger partial charge in [-0.3, -0.25) is 9.59 Å². The summed E-state index contributed by atoms with van der Waals surface area (Å²) in [5.41, 5.74) is 2.56. The fraction of sp³-hybridized carbons (Fsp3) is 0.394. The van der Waals surface area contributed by atoms with Gasteiger partial charge in [-0.1, -0.05) is 79.6 Å². The fourth-order valence-corrected chi connectivity index (χ4v) is 7.77. The molecule has 45 heavy (non-hydrogen) atoms. The molecular weight excluding hydrogens is 615 g/mol. The molecule has 2 atom stereocenters. The summed E-state index contributed by atoms with van der Waals surface area (Å²) in [6, 6.07) is 19.3. The highest BCUT2D eigenvalue weighted by Gasteiger charge is 2.36. The van der Waals surface area contributed by atoms with E-state index in [0.29, 0.717) is 12.8 Å². The Morgan fingerprint density at radius 3 is 1.89 bits per heavy atom. The molecule has 244 valence electrons. The molecule has 0 bridgehead atoms. The van der Waals surface area contributed by atoms with E-state index in [2.05, 4.69) is 10.0 Å². The number of benzene rings is 3. The first-order chi connectivity index (χ1) is 21.2. The van der Waals surface area contributed by atoms with E-state index < -0.39 is 44.0 Å². The van der Waals surface area contributed by atoms with Crippen LogP contribution < -0.4 is 10.0 Å². The number of amides is 1. The number of nitrogens with one attached hydrogen (secondary N) is 2. The number of carbonyl (C=O) groups is 2. The molecule has 0 saturated heterocycles. The van der Waals surface area contributed by atoms with Crippen LogP contribution in [0.3, 0.4) is 0 Å². The molecule has 0 fully saturated rings. The van der Waals surface area contributed by atoms with Gasteiger partial charge >= 0.3 is 5.97 Å². The first-order valence-corrected chi connectivity index (χ1v) is 17.8. The summed E-state index contributed by atoms with van der Waals surface area (Å²) in [6.07, 6.45) is 0.836. The van der Waals surface area contributed by atoms with E-state index in [1.807, 2.05) is 33.8 Å². The number of aliphatic carboxylic acids is 1. The van der Waals surface area contributed by atoms with Crippen LogP contribution in [0.5, 0.6) is 0 Å². The average molecular weight is 658 g/mol. The van der Waals surface area contributed by atoms with Crippen molar-refractivity contribution < 1.29 is 31.5 Å². The van der Waals surface area contributed by atoms with E-state index >= 15 is 0 Å². The Balaban J connectivity index is 1.67. The zero-order valence-corrected chi connectivity index (χ0v) is 27.8. The summed E-state index contributed by atoms with van der Waals surface area (Å²) in [4.78, 5) is 25.6. The van der Waals surface area contributed by atoms with Gasteiger partial charge in [0.1, 0.15) is 12.1 Å². The van der Waals surface area contributed by atoms with Crippen LogP contribution >= 0.6 is 0 Å². The zero-order chi connectivity index (χ0) is 33.2. The van der Waals surface area contributed by atoms with Crippen molar-refractivity contribution in [3.8, 4) is 0 Å². The van der Waals surface area contributed by atoms with Gasteiger partial charge in [0, 0.05) is 13.1 Å². The van der Waals surface area contributed by atoms with E-state index in [4.69, 9.17) is 0 Å². The number of carboxylic acid groups (broad SMARTS) is 1. The highest BCUT2D eigenvalue weighted by atomic mass is 32.2. The molecule has 0 aliphatic rings. The van der Waals surface area contributed by atoms with Gasteiger partial charge in [0.25, 0.3) is 0 Å². The summed E-state index contributed by atoms with van der Waals surface area (Å²) in [6.45, 7) is 7.52. The second-order valence-electron chi connectivity index (χ2n) is 11.6. The number of carboxylic acids is 1. The molecule has 3 rings (SSSR count). The molecule has 12 heteroatoms. The third kappa shape index (κ3) is 10.5. The van der Waals surface area contributed by atoms with Gasteiger partial charge in [0.05, 0.1) is 9.79 Å². The van der Waals surface area contributed by atoms with Crippen LogP contribution in [-0.2, 0) is 36.1 Å². The maximum atomic E-state index is 13.5. The third-order valence-corrected chi connectivity index (χ3v) is 10.6. The van der Waals surface area contributed by atoms with Crippen LogP contribution in [0.2, 0.25) is 0 Å². The van der Waals surface area contributed by atoms with E-state index in [1.54, 1.807) is 48.5 Å². The molecule has 3 aromatic rings. The van der Waals surface area contributed by atoms with Crippen molar-refractivity contribution in [2.75, 3.05) is 13.1 Å². The van der Waals surface area contributed by atoms with E-state index in [0.717, 1.165) is 21.0 Å². The SMILES string of the molecule is Cc1ccc(S(=O)(=O)N[C@H](Cc2ccccc2)C(=O)NCCCC[C@@H](C(=O)O)N(CC(C)C)S(=O)(=O)c2ccc(C)cc2)cc1. The summed E-state index contributed by atoms with van der Waals surface area (Å²) in [5.74, 6) is -1.88. The first-order valence-electron chi connectivity index (χ1n) is 14.9. The molecule has 0 aliphatic heterocycles. The van der Waals surface area contributed by atoms with Crippen LogP contribution in [0.15, 0.2) is 88.7 Å². The maximum Gasteiger partial charge on any atom is 0.322 e. The molecular formula is C33H43N3O7S2. The van der Waals surface area contributed by atoms with E-state index in [-0.39, 0.29) is 41.6 Å². The summed E-state index contributed by atoms with van der Waals surface area (Å²) >= 11 is 0. The minimum absolute atomic E-state index is 0.0322. The van der Waals surface area contributed by atoms with Crippen molar-refractivity contribution >= 4 is 31.9 Å². The number of carbonyl (C=O) groups excluding carboxylic acids is 1. The topological polar surface area (TPSA) is 150 Å². The van der Waals surface area contributed by atoms with Crippen LogP contribution in [0.1, 0.15) is 49.8 Å². The predicted molar refractivity (Wildman–Crippen MR) is 174 cm³/mol. The van der Waals surface area contributed by atoms with Crippen molar-refractivity contribution in [2.24, 2.45) is 5.92 Å². The monoisotopic (exact) mass is 657 g/mol. The number of nitrogens with zero attached hydrogens (tertiary/aromatic N) is 1. The van der Waals surface area contributed by atoms with Gasteiger partial charge < -0.3 is 10.4 Å². The van der Waals surface area contributed by atoms with Crippen molar-refractivity contribution in [3.63, 3.8) is 0 Å². The van der Waals surface area contributed by atoms with Crippen molar-refractivity contribution in [1.82, 2.24) is 14.3 Å². The Labute approximate surface area is 267 Å². The summed E-state index contributed by atoms with van der Waals surface area (Å²) in [5, 5.41) is 12.8. The number of unbranched alkanes of at least 4 members (excludes halogenated alkanes) is 1. The fourth-order valence-electron chi connectivity index (χ4n) is 4.80. The predicted octanol–water partition coefficient (Wildman–Crippen LogP) is 4.28. The Morgan fingerprint density at radius 2 is 1.36 bits per heavy atom. The average Bonchev–Trinajstić information content (AvgIpc) is 2.98. The van der Waals surface area contributed by atoms with Crippen LogP contribution in [-0.4, -0.2) is 63.3 Å². The third-order valence-electron chi connectivity index (χ3n) is 7.24. The molecule has 3 N–H and O–H groups in total. The molecule has 0 saturated carbocycles. The van der Waals surface area contributed by atoms with Crippen LogP contribution in [0, 0.1) is 19.8 Å². The van der Waals surface area contributed by atoms with Gasteiger partial charge in [0.15, 0.2) is 0 Å². The Bertz CT molecular complexity index is 1630. The molecule has 0 spiro atoms. The quantitative estimate of drug-likeness (QED) is 0.184. The Kier molecular flexibility index (Phi) is 12.9. The smallest absolute Gasteiger partial charge is 0.322 e. The molecule has 0 aliphatic carbocycles. The van der Waals surface area contributed by atoms with Gasteiger partial charge in [-0.15, -0.1) is 0 Å². The number of hydrogen-bond donors (Lipinski definition) is 3. The Morgan fingerprint density at radius 1 is 0.800 bits per heavy atom. The highest BCUT2D eigenvalue weighted by Crippen LogP contribution is 2.23. The summed E-state index contributed by atoms with van der Waals surface area (Å²) < 4.78 is 56.8. The van der Waals surface area contributed by atoms with E-state index in [9.17, 15) is 31.5 Å². The minimum Gasteiger partial charge on any atom is -0.480 e.